The van der Waals surface area contributed by atoms with Crippen molar-refractivity contribution in [1.82, 2.24) is 0 Å². The number of allylic oxidation sites excluding steroid dienone is 2. The molecule has 0 aromatic rings. The molecule has 0 unspecified atom stereocenters. The molecular weight excluding hydrogens is 304 g/mol. The van der Waals surface area contributed by atoms with Gasteiger partial charge >= 0.3 is 11.9 Å². The Kier molecular flexibility index (Phi) is 17.0. The van der Waals surface area contributed by atoms with Crippen molar-refractivity contribution >= 4 is 11.9 Å². The number of hydrogen-bond acceptors (Lipinski definition) is 2. The van der Waals surface area contributed by atoms with Crippen molar-refractivity contribution in [3.63, 3.8) is 0 Å². The van der Waals surface area contributed by atoms with Gasteiger partial charge in [-0.15, -0.1) is 0 Å². The van der Waals surface area contributed by atoms with Crippen LogP contribution in [0.2, 0.25) is 0 Å². The van der Waals surface area contributed by atoms with Gasteiger partial charge in [0.25, 0.3) is 0 Å². The standard InChI is InChI=1S/C20H36O4/c21-19(22)17-15-13-11-9-7-5-3-1-2-4-6-8-10-12-14-16-18-20(23)24/h1,3H,2,4-18H2,(H,21,22)(H,23,24). The highest BCUT2D eigenvalue weighted by Crippen LogP contribution is 2.11. The Morgan fingerprint density at radius 1 is 0.500 bits per heavy atom. The van der Waals surface area contributed by atoms with Gasteiger partial charge in [-0.05, 0) is 38.5 Å². The predicted octanol–water partition coefficient (Wildman–Crippen LogP) is 5.95. The number of carboxylic acids is 2. The average Bonchev–Trinajstić information content (AvgIpc) is 2.53. The number of hydrogen-bond donors (Lipinski definition) is 2. The fourth-order valence-corrected chi connectivity index (χ4v) is 2.73. The van der Waals surface area contributed by atoms with Crippen LogP contribution in [0.15, 0.2) is 12.2 Å². The Labute approximate surface area is 147 Å². The zero-order valence-corrected chi connectivity index (χ0v) is 15.2. The summed E-state index contributed by atoms with van der Waals surface area (Å²) in [5.74, 6) is -1.36. The normalized spacial score (nSPS) is 11.2. The third-order valence-corrected chi connectivity index (χ3v) is 4.19. The summed E-state index contributed by atoms with van der Waals surface area (Å²) in [6, 6.07) is 0. The first-order chi connectivity index (χ1) is 11.6. The van der Waals surface area contributed by atoms with Crippen molar-refractivity contribution in [2.75, 3.05) is 0 Å². The fourth-order valence-electron chi connectivity index (χ4n) is 2.73. The number of rotatable bonds is 18. The van der Waals surface area contributed by atoms with Crippen molar-refractivity contribution in [3.05, 3.63) is 12.2 Å². The number of carbonyl (C=O) groups is 2. The minimum atomic E-state index is -0.684. The predicted molar refractivity (Wildman–Crippen MR) is 98.3 cm³/mol. The summed E-state index contributed by atoms with van der Waals surface area (Å²) in [4.78, 5) is 20.7. The molecule has 0 bridgehead atoms. The first-order valence-corrected chi connectivity index (χ1v) is 9.71. The maximum absolute atomic E-state index is 10.4. The third kappa shape index (κ3) is 20.7. The monoisotopic (exact) mass is 340 g/mol. The first kappa shape index (κ1) is 22.7. The smallest absolute Gasteiger partial charge is 0.303 e. The number of unbranched alkanes of at least 4 members (excludes halogenated alkanes) is 12. The van der Waals surface area contributed by atoms with Gasteiger partial charge in [0.05, 0.1) is 0 Å². The lowest BCUT2D eigenvalue weighted by Gasteiger charge is -2.00. The summed E-state index contributed by atoms with van der Waals surface area (Å²) >= 11 is 0. The highest BCUT2D eigenvalue weighted by atomic mass is 16.4. The summed E-state index contributed by atoms with van der Waals surface area (Å²) in [6.45, 7) is 0. The van der Waals surface area contributed by atoms with Gasteiger partial charge in [-0.3, -0.25) is 9.59 Å². The van der Waals surface area contributed by atoms with Crippen LogP contribution in [0, 0.1) is 0 Å². The Bertz CT molecular complexity index is 337. The molecule has 4 nitrogen and oxygen atoms in total. The topological polar surface area (TPSA) is 74.6 Å². The van der Waals surface area contributed by atoms with Gasteiger partial charge in [0.15, 0.2) is 0 Å². The van der Waals surface area contributed by atoms with Crippen molar-refractivity contribution < 1.29 is 19.8 Å². The van der Waals surface area contributed by atoms with Crippen LogP contribution < -0.4 is 0 Å². The van der Waals surface area contributed by atoms with Crippen LogP contribution in [0.25, 0.3) is 0 Å². The molecule has 0 radical (unpaired) electrons. The largest absolute Gasteiger partial charge is 0.481 e. The van der Waals surface area contributed by atoms with Gasteiger partial charge in [-0.2, -0.15) is 0 Å². The van der Waals surface area contributed by atoms with E-state index in [1.807, 2.05) is 0 Å². The Balaban J connectivity index is 3.11. The molecule has 0 spiro atoms. The molecule has 4 heteroatoms. The van der Waals surface area contributed by atoms with Gasteiger partial charge in [-0.25, -0.2) is 0 Å². The molecule has 0 heterocycles. The van der Waals surface area contributed by atoms with E-state index in [0.29, 0.717) is 12.8 Å². The van der Waals surface area contributed by atoms with E-state index in [4.69, 9.17) is 10.2 Å². The van der Waals surface area contributed by atoms with Crippen molar-refractivity contribution in [2.24, 2.45) is 0 Å². The lowest BCUT2D eigenvalue weighted by atomic mass is 10.1. The zero-order valence-electron chi connectivity index (χ0n) is 15.2. The second-order valence-electron chi connectivity index (χ2n) is 6.58. The molecular formula is C20H36O4. The molecule has 0 atom stereocenters. The molecule has 0 aliphatic carbocycles. The van der Waals surface area contributed by atoms with E-state index in [9.17, 15) is 9.59 Å². The Hall–Kier alpha value is -1.32. The molecule has 0 saturated heterocycles. The summed E-state index contributed by atoms with van der Waals surface area (Å²) in [7, 11) is 0. The molecule has 24 heavy (non-hydrogen) atoms. The lowest BCUT2D eigenvalue weighted by Crippen LogP contribution is -1.93. The van der Waals surface area contributed by atoms with Crippen LogP contribution in [-0.2, 0) is 9.59 Å². The number of carboxylic acid groups (broad SMARTS) is 2. The molecule has 0 aromatic heterocycles. The van der Waals surface area contributed by atoms with Crippen LogP contribution in [0.5, 0.6) is 0 Å². The van der Waals surface area contributed by atoms with Crippen LogP contribution in [0.3, 0.4) is 0 Å². The van der Waals surface area contributed by atoms with Crippen molar-refractivity contribution in [3.8, 4) is 0 Å². The van der Waals surface area contributed by atoms with Crippen LogP contribution in [0.1, 0.15) is 103 Å². The van der Waals surface area contributed by atoms with Crippen LogP contribution in [-0.4, -0.2) is 22.2 Å². The second kappa shape index (κ2) is 18.0. The number of aliphatic carboxylic acids is 2. The zero-order chi connectivity index (χ0) is 17.9. The molecule has 0 fully saturated rings. The molecule has 2 N–H and O–H groups in total. The van der Waals surface area contributed by atoms with E-state index in [-0.39, 0.29) is 0 Å². The first-order valence-electron chi connectivity index (χ1n) is 9.71. The molecule has 140 valence electrons. The lowest BCUT2D eigenvalue weighted by molar-refractivity contribution is -0.138. The van der Waals surface area contributed by atoms with E-state index in [0.717, 1.165) is 51.4 Å². The van der Waals surface area contributed by atoms with E-state index >= 15 is 0 Å². The Morgan fingerprint density at radius 3 is 1.12 bits per heavy atom. The van der Waals surface area contributed by atoms with Gasteiger partial charge < -0.3 is 10.2 Å². The quantitative estimate of drug-likeness (QED) is 0.239. The molecule has 0 saturated carbocycles. The van der Waals surface area contributed by atoms with Crippen molar-refractivity contribution in [1.29, 1.82) is 0 Å². The summed E-state index contributed by atoms with van der Waals surface area (Å²) in [5.41, 5.74) is 0. The fraction of sp³-hybridized carbons (Fsp3) is 0.800. The van der Waals surface area contributed by atoms with E-state index in [1.54, 1.807) is 0 Å². The molecule has 0 rings (SSSR count). The summed E-state index contributed by atoms with van der Waals surface area (Å²) in [6.07, 6.45) is 20.9. The van der Waals surface area contributed by atoms with Gasteiger partial charge in [0, 0.05) is 12.8 Å². The average molecular weight is 341 g/mol. The van der Waals surface area contributed by atoms with E-state index in [2.05, 4.69) is 12.2 Å². The van der Waals surface area contributed by atoms with Gasteiger partial charge in [-0.1, -0.05) is 63.5 Å². The van der Waals surface area contributed by atoms with E-state index < -0.39 is 11.9 Å². The molecule has 0 aromatic carbocycles. The molecule has 0 amide bonds. The van der Waals surface area contributed by atoms with Gasteiger partial charge in [0.2, 0.25) is 0 Å². The minimum Gasteiger partial charge on any atom is -0.481 e. The molecule has 0 aliphatic rings. The maximum atomic E-state index is 10.4. The molecule has 0 aliphatic heterocycles. The Morgan fingerprint density at radius 2 is 0.792 bits per heavy atom. The third-order valence-electron chi connectivity index (χ3n) is 4.19. The minimum absolute atomic E-state index is 0.308. The summed E-state index contributed by atoms with van der Waals surface area (Å²) < 4.78 is 0. The second-order valence-corrected chi connectivity index (χ2v) is 6.58. The maximum Gasteiger partial charge on any atom is 0.303 e. The highest BCUT2D eigenvalue weighted by Gasteiger charge is 1.97. The van der Waals surface area contributed by atoms with Crippen LogP contribution in [0.4, 0.5) is 0 Å². The van der Waals surface area contributed by atoms with Crippen LogP contribution >= 0.6 is 0 Å². The SMILES string of the molecule is O=C(O)CCCCCCCC=CCCCCCCCCCC(=O)O. The van der Waals surface area contributed by atoms with Gasteiger partial charge in [0.1, 0.15) is 0 Å². The highest BCUT2D eigenvalue weighted by molar-refractivity contribution is 5.66. The summed E-state index contributed by atoms with van der Waals surface area (Å²) in [5, 5.41) is 17.1. The van der Waals surface area contributed by atoms with Crippen molar-refractivity contribution in [2.45, 2.75) is 103 Å². The van der Waals surface area contributed by atoms with E-state index in [1.165, 1.54) is 38.5 Å².